The first-order valence-corrected chi connectivity index (χ1v) is 7.62. The highest BCUT2D eigenvalue weighted by molar-refractivity contribution is 5.85. The second kappa shape index (κ2) is 8.40. The lowest BCUT2D eigenvalue weighted by Gasteiger charge is -2.27. The molecule has 1 aromatic carbocycles. The number of hydrogen-bond acceptors (Lipinski definition) is 2. The highest BCUT2D eigenvalue weighted by Crippen LogP contribution is 2.23. The summed E-state index contributed by atoms with van der Waals surface area (Å²) in [7, 11) is 1.90. The lowest BCUT2D eigenvalue weighted by Crippen LogP contribution is -2.42. The van der Waals surface area contributed by atoms with E-state index in [0.717, 1.165) is 32.4 Å². The van der Waals surface area contributed by atoms with E-state index in [9.17, 15) is 4.79 Å². The maximum atomic E-state index is 12.5. The van der Waals surface area contributed by atoms with Crippen LogP contribution in [0.1, 0.15) is 30.9 Å². The molecule has 1 fully saturated rings. The van der Waals surface area contributed by atoms with Crippen LogP contribution in [0, 0.1) is 12.8 Å². The molecular formula is C17H27ClN2O. The van der Waals surface area contributed by atoms with Gasteiger partial charge in [-0.3, -0.25) is 4.79 Å². The van der Waals surface area contributed by atoms with Crippen LogP contribution in [0.25, 0.3) is 0 Å². The third-order valence-corrected chi connectivity index (χ3v) is 4.18. The van der Waals surface area contributed by atoms with E-state index in [2.05, 4.69) is 41.4 Å². The van der Waals surface area contributed by atoms with Gasteiger partial charge in [-0.25, -0.2) is 0 Å². The molecule has 4 heteroatoms. The molecule has 0 bridgehead atoms. The molecule has 1 amide bonds. The van der Waals surface area contributed by atoms with Gasteiger partial charge in [-0.15, -0.1) is 12.4 Å². The molecule has 0 radical (unpaired) electrons. The lowest BCUT2D eigenvalue weighted by molar-refractivity contribution is -0.135. The molecule has 2 unspecified atom stereocenters. The highest BCUT2D eigenvalue weighted by Gasteiger charge is 2.30. The van der Waals surface area contributed by atoms with E-state index in [4.69, 9.17) is 0 Å². The Morgan fingerprint density at radius 1 is 1.38 bits per heavy atom. The van der Waals surface area contributed by atoms with Crippen molar-refractivity contribution in [2.75, 3.05) is 20.1 Å². The van der Waals surface area contributed by atoms with Crippen molar-refractivity contribution in [1.82, 2.24) is 10.2 Å². The van der Waals surface area contributed by atoms with E-state index in [1.807, 2.05) is 14.0 Å². The van der Waals surface area contributed by atoms with Crippen molar-refractivity contribution >= 4 is 18.3 Å². The summed E-state index contributed by atoms with van der Waals surface area (Å²) >= 11 is 0. The third kappa shape index (κ3) is 4.72. The number of nitrogens with zero attached hydrogens (tertiary/aromatic N) is 1. The Morgan fingerprint density at radius 2 is 2.05 bits per heavy atom. The number of carbonyl (C=O) groups is 1. The monoisotopic (exact) mass is 310 g/mol. The Labute approximate surface area is 134 Å². The molecule has 118 valence electrons. The van der Waals surface area contributed by atoms with Gasteiger partial charge in [0, 0.05) is 25.0 Å². The number of halogens is 1. The highest BCUT2D eigenvalue weighted by atomic mass is 35.5. The molecule has 0 aromatic heterocycles. The molecule has 2 rings (SSSR count). The van der Waals surface area contributed by atoms with Crippen molar-refractivity contribution in [3.63, 3.8) is 0 Å². The summed E-state index contributed by atoms with van der Waals surface area (Å²) in [5.41, 5.74) is 2.62. The van der Waals surface area contributed by atoms with Gasteiger partial charge in [-0.2, -0.15) is 0 Å². The van der Waals surface area contributed by atoms with E-state index in [1.54, 1.807) is 0 Å². The molecule has 1 aromatic rings. The maximum Gasteiger partial charge on any atom is 0.226 e. The van der Waals surface area contributed by atoms with Gasteiger partial charge in [0.15, 0.2) is 0 Å². The molecule has 0 saturated carbocycles. The first-order chi connectivity index (χ1) is 9.61. The number of hydrogen-bond donors (Lipinski definition) is 1. The van der Waals surface area contributed by atoms with Gasteiger partial charge < -0.3 is 10.2 Å². The average Bonchev–Trinajstić information content (AvgIpc) is 2.89. The zero-order chi connectivity index (χ0) is 14.5. The van der Waals surface area contributed by atoms with Crippen LogP contribution >= 0.6 is 12.4 Å². The van der Waals surface area contributed by atoms with Crippen molar-refractivity contribution in [2.45, 2.75) is 39.2 Å². The Balaban J connectivity index is 0.00000220. The van der Waals surface area contributed by atoms with Gasteiger partial charge in [0.2, 0.25) is 5.91 Å². The number of benzene rings is 1. The van der Waals surface area contributed by atoms with Gasteiger partial charge in [0.25, 0.3) is 0 Å². The van der Waals surface area contributed by atoms with Crippen LogP contribution in [-0.2, 0) is 11.2 Å². The summed E-state index contributed by atoms with van der Waals surface area (Å²) in [5.74, 6) is 0.368. The minimum Gasteiger partial charge on any atom is -0.339 e. The van der Waals surface area contributed by atoms with Crippen LogP contribution < -0.4 is 5.32 Å². The minimum absolute atomic E-state index is 0. The maximum absolute atomic E-state index is 12.5. The Morgan fingerprint density at radius 3 is 2.67 bits per heavy atom. The second-order valence-corrected chi connectivity index (χ2v) is 5.98. The average molecular weight is 311 g/mol. The van der Waals surface area contributed by atoms with Crippen LogP contribution in [0.15, 0.2) is 24.3 Å². The van der Waals surface area contributed by atoms with Crippen molar-refractivity contribution < 1.29 is 4.79 Å². The zero-order valence-electron chi connectivity index (χ0n) is 13.3. The summed E-state index contributed by atoms with van der Waals surface area (Å²) in [6.45, 7) is 5.80. The molecular weight excluding hydrogens is 284 g/mol. The molecule has 0 aliphatic carbocycles. The third-order valence-electron chi connectivity index (χ3n) is 4.18. The molecule has 1 aliphatic rings. The van der Waals surface area contributed by atoms with Gasteiger partial charge in [-0.1, -0.05) is 36.8 Å². The first kappa shape index (κ1) is 18.0. The number of rotatable bonds is 5. The molecule has 2 atom stereocenters. The summed E-state index contributed by atoms with van der Waals surface area (Å²) in [4.78, 5) is 14.6. The van der Waals surface area contributed by atoms with E-state index in [0.29, 0.717) is 11.9 Å². The van der Waals surface area contributed by atoms with Crippen molar-refractivity contribution in [3.8, 4) is 0 Å². The number of carbonyl (C=O) groups excluding carboxylic acids is 1. The van der Waals surface area contributed by atoms with Crippen molar-refractivity contribution in [2.24, 2.45) is 5.92 Å². The predicted molar refractivity (Wildman–Crippen MR) is 90.0 cm³/mol. The van der Waals surface area contributed by atoms with Crippen molar-refractivity contribution in [1.29, 1.82) is 0 Å². The topological polar surface area (TPSA) is 32.3 Å². The van der Waals surface area contributed by atoms with Gasteiger partial charge >= 0.3 is 0 Å². The SMILES string of the molecule is CNCC(C)C(=O)N1CCCC1Cc1ccc(C)cc1.Cl. The number of nitrogens with one attached hydrogen (secondary N) is 1. The van der Waals surface area contributed by atoms with Crippen LogP contribution in [0.2, 0.25) is 0 Å². The minimum atomic E-state index is 0. The van der Waals surface area contributed by atoms with Crippen LogP contribution in [0.4, 0.5) is 0 Å². The smallest absolute Gasteiger partial charge is 0.226 e. The zero-order valence-corrected chi connectivity index (χ0v) is 14.1. The fourth-order valence-electron chi connectivity index (χ4n) is 3.01. The van der Waals surface area contributed by atoms with E-state index >= 15 is 0 Å². The Kier molecular flexibility index (Phi) is 7.20. The predicted octanol–water partition coefficient (Wildman–Crippen LogP) is 2.81. The quantitative estimate of drug-likeness (QED) is 0.907. The summed E-state index contributed by atoms with van der Waals surface area (Å²) in [5, 5.41) is 3.10. The van der Waals surface area contributed by atoms with Crippen LogP contribution in [0.3, 0.4) is 0 Å². The summed E-state index contributed by atoms with van der Waals surface area (Å²) in [6.07, 6.45) is 3.25. The fourth-order valence-corrected chi connectivity index (χ4v) is 3.01. The van der Waals surface area contributed by atoms with Crippen molar-refractivity contribution in [3.05, 3.63) is 35.4 Å². The molecule has 1 aliphatic heterocycles. The molecule has 3 nitrogen and oxygen atoms in total. The molecule has 1 N–H and O–H groups in total. The molecule has 0 spiro atoms. The molecule has 1 saturated heterocycles. The lowest BCUT2D eigenvalue weighted by atomic mass is 10.0. The molecule has 21 heavy (non-hydrogen) atoms. The van der Waals surface area contributed by atoms with E-state index in [-0.39, 0.29) is 18.3 Å². The number of aryl methyl sites for hydroxylation is 1. The Hall–Kier alpha value is -1.06. The summed E-state index contributed by atoms with van der Waals surface area (Å²) in [6, 6.07) is 9.06. The number of likely N-dealkylation sites (tertiary alicyclic amines) is 1. The molecule has 1 heterocycles. The van der Waals surface area contributed by atoms with Gasteiger partial charge in [-0.05, 0) is 38.8 Å². The van der Waals surface area contributed by atoms with Crippen LogP contribution in [-0.4, -0.2) is 37.0 Å². The largest absolute Gasteiger partial charge is 0.339 e. The normalized spacial score (nSPS) is 19.2. The summed E-state index contributed by atoms with van der Waals surface area (Å²) < 4.78 is 0. The van der Waals surface area contributed by atoms with Crippen LogP contribution in [0.5, 0.6) is 0 Å². The standard InChI is InChI=1S/C17H26N2O.ClH/c1-13-6-8-15(9-7-13)11-16-5-4-10-19(16)17(20)14(2)12-18-3;/h6-9,14,16,18H,4-5,10-12H2,1-3H3;1H. The Bertz CT molecular complexity index is 447. The second-order valence-electron chi connectivity index (χ2n) is 5.98. The number of amides is 1. The fraction of sp³-hybridized carbons (Fsp3) is 0.588. The van der Waals surface area contributed by atoms with E-state index in [1.165, 1.54) is 11.1 Å². The first-order valence-electron chi connectivity index (χ1n) is 7.62. The van der Waals surface area contributed by atoms with Gasteiger partial charge in [0.1, 0.15) is 0 Å². The van der Waals surface area contributed by atoms with E-state index < -0.39 is 0 Å². The van der Waals surface area contributed by atoms with Gasteiger partial charge in [0.05, 0.1) is 0 Å².